The highest BCUT2D eigenvalue weighted by molar-refractivity contribution is 4.96. The molecule has 0 aromatic heterocycles. The Morgan fingerprint density at radius 3 is 2.69 bits per heavy atom. The van der Waals surface area contributed by atoms with Gasteiger partial charge in [0.25, 0.3) is 0 Å². The topological polar surface area (TPSA) is 30.3 Å². The molecule has 0 spiro atoms. The minimum Gasteiger partial charge on any atom is -0.308 e. The summed E-state index contributed by atoms with van der Waals surface area (Å²) in [5, 5.41) is 8.84. The molecule has 74 valence electrons. The number of nitrogens with zero attached hydrogens (tertiary/aromatic N) is 3. The lowest BCUT2D eigenvalue weighted by atomic mass is 10.0. The zero-order valence-corrected chi connectivity index (χ0v) is 8.82. The van der Waals surface area contributed by atoms with Gasteiger partial charge in [0, 0.05) is 19.1 Å². The van der Waals surface area contributed by atoms with Crippen LogP contribution in [0.2, 0.25) is 0 Å². The van der Waals surface area contributed by atoms with Crippen LogP contribution >= 0.6 is 0 Å². The van der Waals surface area contributed by atoms with Crippen molar-refractivity contribution in [3.8, 4) is 6.07 Å². The van der Waals surface area contributed by atoms with Crippen molar-refractivity contribution in [2.24, 2.45) is 5.92 Å². The monoisotopic (exact) mass is 181 g/mol. The highest BCUT2D eigenvalue weighted by Crippen LogP contribution is 2.22. The van der Waals surface area contributed by atoms with Gasteiger partial charge in [-0.3, -0.25) is 4.90 Å². The van der Waals surface area contributed by atoms with Crippen molar-refractivity contribution in [2.75, 3.05) is 33.7 Å². The van der Waals surface area contributed by atoms with Gasteiger partial charge in [0.1, 0.15) is 0 Å². The van der Waals surface area contributed by atoms with E-state index in [1.807, 2.05) is 0 Å². The van der Waals surface area contributed by atoms with Gasteiger partial charge in [-0.05, 0) is 34.0 Å². The van der Waals surface area contributed by atoms with E-state index in [4.69, 9.17) is 5.26 Å². The van der Waals surface area contributed by atoms with Gasteiger partial charge in [0.05, 0.1) is 12.0 Å². The summed E-state index contributed by atoms with van der Waals surface area (Å²) < 4.78 is 0. The standard InChI is InChI=1S/C10H19N3/c1-9-10(8-11)4-5-13(9)7-6-12(2)3/h9-10H,4-7H2,1-3H3. The molecule has 1 aliphatic rings. The van der Waals surface area contributed by atoms with Gasteiger partial charge < -0.3 is 4.90 Å². The highest BCUT2D eigenvalue weighted by Gasteiger charge is 2.29. The maximum atomic E-state index is 8.84. The fourth-order valence-corrected chi connectivity index (χ4v) is 1.82. The second kappa shape index (κ2) is 4.59. The van der Waals surface area contributed by atoms with Crippen molar-refractivity contribution in [2.45, 2.75) is 19.4 Å². The fraction of sp³-hybridized carbons (Fsp3) is 0.900. The van der Waals surface area contributed by atoms with E-state index < -0.39 is 0 Å². The average Bonchev–Trinajstić information content (AvgIpc) is 2.43. The molecule has 0 radical (unpaired) electrons. The minimum absolute atomic E-state index is 0.252. The van der Waals surface area contributed by atoms with Crippen molar-refractivity contribution in [1.82, 2.24) is 9.80 Å². The van der Waals surface area contributed by atoms with Crippen LogP contribution in [0.5, 0.6) is 0 Å². The first-order chi connectivity index (χ1) is 6.15. The molecule has 0 aliphatic carbocycles. The van der Waals surface area contributed by atoms with E-state index >= 15 is 0 Å². The van der Waals surface area contributed by atoms with Crippen molar-refractivity contribution in [3.63, 3.8) is 0 Å². The van der Waals surface area contributed by atoms with Crippen LogP contribution in [-0.4, -0.2) is 49.6 Å². The molecule has 3 nitrogen and oxygen atoms in total. The molecule has 2 unspecified atom stereocenters. The summed E-state index contributed by atoms with van der Waals surface area (Å²) in [6.07, 6.45) is 1.05. The first-order valence-corrected chi connectivity index (χ1v) is 4.93. The molecular weight excluding hydrogens is 162 g/mol. The van der Waals surface area contributed by atoms with Crippen LogP contribution in [0, 0.1) is 17.2 Å². The maximum absolute atomic E-state index is 8.84. The summed E-state index contributed by atoms with van der Waals surface area (Å²) in [5.41, 5.74) is 0. The fourth-order valence-electron chi connectivity index (χ4n) is 1.82. The van der Waals surface area contributed by atoms with Gasteiger partial charge in [-0.1, -0.05) is 0 Å². The number of nitriles is 1. The lowest BCUT2D eigenvalue weighted by molar-refractivity contribution is 0.227. The molecule has 0 aromatic rings. The van der Waals surface area contributed by atoms with Gasteiger partial charge in [0.2, 0.25) is 0 Å². The van der Waals surface area contributed by atoms with Gasteiger partial charge in [-0.2, -0.15) is 5.26 Å². The van der Waals surface area contributed by atoms with Gasteiger partial charge >= 0.3 is 0 Å². The predicted molar refractivity (Wildman–Crippen MR) is 53.3 cm³/mol. The quantitative estimate of drug-likeness (QED) is 0.644. The molecule has 1 heterocycles. The van der Waals surface area contributed by atoms with Crippen LogP contribution in [0.4, 0.5) is 0 Å². The Hall–Kier alpha value is -0.590. The molecule has 0 saturated carbocycles. The van der Waals surface area contributed by atoms with Gasteiger partial charge in [-0.25, -0.2) is 0 Å². The Bertz CT molecular complexity index is 195. The molecule has 1 fully saturated rings. The molecule has 1 saturated heterocycles. The van der Waals surface area contributed by atoms with E-state index in [0.717, 1.165) is 26.1 Å². The smallest absolute Gasteiger partial charge is 0.0672 e. The first-order valence-electron chi connectivity index (χ1n) is 4.93. The average molecular weight is 181 g/mol. The second-order valence-electron chi connectivity index (χ2n) is 4.10. The molecule has 2 atom stereocenters. The zero-order chi connectivity index (χ0) is 9.84. The Morgan fingerprint density at radius 1 is 1.54 bits per heavy atom. The third-order valence-corrected chi connectivity index (χ3v) is 2.89. The van der Waals surface area contributed by atoms with Crippen LogP contribution in [0.25, 0.3) is 0 Å². The molecule has 3 heteroatoms. The summed E-state index contributed by atoms with van der Waals surface area (Å²) in [7, 11) is 4.17. The summed E-state index contributed by atoms with van der Waals surface area (Å²) in [6.45, 7) is 5.43. The normalized spacial score (nSPS) is 29.5. The zero-order valence-electron chi connectivity index (χ0n) is 8.82. The molecule has 0 N–H and O–H groups in total. The summed E-state index contributed by atoms with van der Waals surface area (Å²) in [4.78, 5) is 4.60. The van der Waals surface area contributed by atoms with Crippen LogP contribution in [-0.2, 0) is 0 Å². The SMILES string of the molecule is CC1C(C#N)CCN1CCN(C)C. The number of likely N-dealkylation sites (tertiary alicyclic amines) is 1. The molecule has 1 aliphatic heterocycles. The Kier molecular flexibility index (Phi) is 3.71. The Balaban J connectivity index is 2.33. The molecular formula is C10H19N3. The number of hydrogen-bond donors (Lipinski definition) is 0. The van der Waals surface area contributed by atoms with E-state index in [1.54, 1.807) is 0 Å². The lowest BCUT2D eigenvalue weighted by Gasteiger charge is -2.23. The van der Waals surface area contributed by atoms with Crippen molar-refractivity contribution in [3.05, 3.63) is 0 Å². The van der Waals surface area contributed by atoms with Crippen LogP contribution < -0.4 is 0 Å². The van der Waals surface area contributed by atoms with Crippen molar-refractivity contribution >= 4 is 0 Å². The third-order valence-electron chi connectivity index (χ3n) is 2.89. The largest absolute Gasteiger partial charge is 0.308 e. The number of likely N-dealkylation sites (N-methyl/N-ethyl adjacent to an activating group) is 1. The highest BCUT2D eigenvalue weighted by atomic mass is 15.2. The molecule has 0 amide bonds. The Morgan fingerprint density at radius 2 is 2.23 bits per heavy atom. The van der Waals surface area contributed by atoms with E-state index in [2.05, 4.69) is 36.9 Å². The first kappa shape index (κ1) is 10.5. The maximum Gasteiger partial charge on any atom is 0.0672 e. The van der Waals surface area contributed by atoms with E-state index in [9.17, 15) is 0 Å². The van der Waals surface area contributed by atoms with Crippen LogP contribution in [0.1, 0.15) is 13.3 Å². The minimum atomic E-state index is 0.252. The van der Waals surface area contributed by atoms with Gasteiger partial charge in [-0.15, -0.1) is 0 Å². The number of rotatable bonds is 3. The molecule has 0 aromatic carbocycles. The molecule has 13 heavy (non-hydrogen) atoms. The number of hydrogen-bond acceptors (Lipinski definition) is 3. The third kappa shape index (κ3) is 2.68. The summed E-state index contributed by atoms with van der Waals surface area (Å²) >= 11 is 0. The molecule has 1 rings (SSSR count). The summed E-state index contributed by atoms with van der Waals surface area (Å²) in [6, 6.07) is 2.83. The van der Waals surface area contributed by atoms with Gasteiger partial charge in [0.15, 0.2) is 0 Å². The summed E-state index contributed by atoms with van der Waals surface area (Å²) in [5.74, 6) is 0.252. The molecule has 0 bridgehead atoms. The van der Waals surface area contributed by atoms with Crippen molar-refractivity contribution in [1.29, 1.82) is 5.26 Å². The Labute approximate surface area is 80.9 Å². The van der Waals surface area contributed by atoms with E-state index in [-0.39, 0.29) is 5.92 Å². The van der Waals surface area contributed by atoms with Crippen LogP contribution in [0.3, 0.4) is 0 Å². The van der Waals surface area contributed by atoms with Crippen LogP contribution in [0.15, 0.2) is 0 Å². The lowest BCUT2D eigenvalue weighted by Crippen LogP contribution is -2.35. The predicted octanol–water partition coefficient (Wildman–Crippen LogP) is 0.782. The van der Waals surface area contributed by atoms with E-state index in [0.29, 0.717) is 6.04 Å². The van der Waals surface area contributed by atoms with Crippen molar-refractivity contribution < 1.29 is 0 Å². The second-order valence-corrected chi connectivity index (χ2v) is 4.10. The van der Waals surface area contributed by atoms with E-state index in [1.165, 1.54) is 0 Å².